The number of aryl methyl sites for hydroxylation is 2. The molecule has 0 saturated heterocycles. The molecule has 0 fully saturated rings. The van der Waals surface area contributed by atoms with Crippen LogP contribution in [0.4, 0.5) is 0 Å². The molecule has 3 rings (SSSR count). The van der Waals surface area contributed by atoms with Gasteiger partial charge in [0.1, 0.15) is 6.33 Å². The quantitative estimate of drug-likeness (QED) is 0.485. The van der Waals surface area contributed by atoms with E-state index in [1.807, 2.05) is 13.8 Å². The molecule has 3 aromatic rings. The van der Waals surface area contributed by atoms with E-state index in [0.717, 1.165) is 17.0 Å². The molecule has 25 heavy (non-hydrogen) atoms. The van der Waals surface area contributed by atoms with Gasteiger partial charge in [-0.2, -0.15) is 10.1 Å². The smallest absolute Gasteiger partial charge is 0.311 e. The molecule has 0 aliphatic rings. The molecule has 9 heteroatoms. The fraction of sp³-hybridized carbons (Fsp3) is 0.250. The molecule has 0 radical (unpaired) electrons. The lowest BCUT2D eigenvalue weighted by Crippen LogP contribution is -2.12. The highest BCUT2D eigenvalue weighted by Crippen LogP contribution is 2.36. The highest BCUT2D eigenvalue weighted by Gasteiger charge is 2.16. The van der Waals surface area contributed by atoms with Crippen molar-refractivity contribution in [3.05, 3.63) is 50.5 Å². The fourth-order valence-electron chi connectivity index (χ4n) is 2.54. The van der Waals surface area contributed by atoms with Crippen LogP contribution in [0.25, 0.3) is 5.78 Å². The van der Waals surface area contributed by atoms with E-state index in [1.165, 1.54) is 18.5 Å². The Morgan fingerprint density at radius 2 is 1.88 bits per heavy atom. The highest BCUT2D eigenvalue weighted by atomic mass is 35.5. The van der Waals surface area contributed by atoms with Crippen LogP contribution in [0, 0.1) is 13.8 Å². The summed E-state index contributed by atoms with van der Waals surface area (Å²) in [7, 11) is 0. The minimum Gasteiger partial charge on any atom is -0.423 e. The molecular weight excluding hydrogens is 387 g/mol. The van der Waals surface area contributed by atoms with Crippen LogP contribution in [0.3, 0.4) is 0 Å². The third-order valence-corrected chi connectivity index (χ3v) is 4.53. The number of ether oxygens (including phenoxy) is 1. The van der Waals surface area contributed by atoms with Gasteiger partial charge in [-0.05, 0) is 38.0 Å². The van der Waals surface area contributed by atoms with Crippen molar-refractivity contribution in [3.8, 4) is 5.75 Å². The maximum Gasteiger partial charge on any atom is 0.311 e. The number of aromatic nitrogens is 4. The average molecular weight is 400 g/mol. The van der Waals surface area contributed by atoms with Gasteiger partial charge in [-0.25, -0.2) is 9.50 Å². The molecule has 2 heterocycles. The Kier molecular flexibility index (Phi) is 5.13. The summed E-state index contributed by atoms with van der Waals surface area (Å²) in [6.07, 6.45) is 2.03. The van der Waals surface area contributed by atoms with Crippen LogP contribution < -0.4 is 4.74 Å². The molecule has 2 aromatic heterocycles. The van der Waals surface area contributed by atoms with E-state index in [-0.39, 0.29) is 22.2 Å². The van der Waals surface area contributed by atoms with Crippen molar-refractivity contribution in [2.45, 2.75) is 26.7 Å². The Morgan fingerprint density at radius 1 is 1.20 bits per heavy atom. The van der Waals surface area contributed by atoms with Crippen LogP contribution in [-0.4, -0.2) is 25.6 Å². The van der Waals surface area contributed by atoms with E-state index < -0.39 is 5.97 Å². The lowest BCUT2D eigenvalue weighted by Gasteiger charge is -2.11. The Bertz CT molecular complexity index is 948. The number of rotatable bonds is 4. The molecule has 0 bridgehead atoms. The summed E-state index contributed by atoms with van der Waals surface area (Å²) in [5.74, 6) is 0.181. The van der Waals surface area contributed by atoms with Crippen molar-refractivity contribution < 1.29 is 9.53 Å². The fourth-order valence-corrected chi connectivity index (χ4v) is 3.43. The molecule has 0 unspecified atom stereocenters. The van der Waals surface area contributed by atoms with Crippen LogP contribution in [0.15, 0.2) is 18.5 Å². The van der Waals surface area contributed by atoms with Crippen LogP contribution in [0.1, 0.15) is 23.4 Å². The first-order chi connectivity index (χ1) is 11.9. The number of hydrogen-bond donors (Lipinski definition) is 0. The number of fused-ring (bicyclic) bond motifs is 1. The normalized spacial score (nSPS) is 11.1. The number of carbonyl (C=O) groups excluding carboxylic acids is 1. The number of hydrogen-bond acceptors (Lipinski definition) is 5. The minimum atomic E-state index is -0.455. The zero-order chi connectivity index (χ0) is 18.1. The van der Waals surface area contributed by atoms with Gasteiger partial charge < -0.3 is 4.74 Å². The Labute approximate surface area is 158 Å². The first-order valence-electron chi connectivity index (χ1n) is 7.38. The topological polar surface area (TPSA) is 69.4 Å². The van der Waals surface area contributed by atoms with E-state index >= 15 is 0 Å². The zero-order valence-corrected chi connectivity index (χ0v) is 15.7. The van der Waals surface area contributed by atoms with Gasteiger partial charge in [-0.15, -0.1) is 0 Å². The number of halogens is 3. The molecule has 6 nitrogen and oxygen atoms in total. The first kappa shape index (κ1) is 17.9. The SMILES string of the molecule is Cc1nc2ncnn2c(C)c1CCC(=O)Oc1c(Cl)cc(Cl)cc1Cl. The lowest BCUT2D eigenvalue weighted by atomic mass is 10.1. The van der Waals surface area contributed by atoms with E-state index in [1.54, 1.807) is 4.52 Å². The molecule has 130 valence electrons. The molecular formula is C16H13Cl3N4O2. The summed E-state index contributed by atoms with van der Waals surface area (Å²) in [6, 6.07) is 2.93. The molecule has 0 saturated carbocycles. The molecule has 1 aromatic carbocycles. The highest BCUT2D eigenvalue weighted by molar-refractivity contribution is 6.40. The summed E-state index contributed by atoms with van der Waals surface area (Å²) in [4.78, 5) is 20.6. The van der Waals surface area contributed by atoms with Gasteiger partial charge in [0, 0.05) is 16.4 Å². The Morgan fingerprint density at radius 3 is 2.56 bits per heavy atom. The maximum atomic E-state index is 12.2. The van der Waals surface area contributed by atoms with Gasteiger partial charge in [-0.3, -0.25) is 4.79 Å². The first-order valence-corrected chi connectivity index (χ1v) is 8.51. The van der Waals surface area contributed by atoms with Gasteiger partial charge in [0.15, 0.2) is 5.75 Å². The molecule has 0 atom stereocenters. The van der Waals surface area contributed by atoms with Gasteiger partial charge in [0.2, 0.25) is 0 Å². The standard InChI is InChI=1S/C16H13Cl3N4O2/c1-8-11(9(2)23-16(22-8)20-7-21-23)3-4-14(24)25-15-12(18)5-10(17)6-13(15)19/h5-7H,3-4H2,1-2H3. The largest absolute Gasteiger partial charge is 0.423 e. The number of nitrogens with zero attached hydrogens (tertiary/aromatic N) is 4. The lowest BCUT2D eigenvalue weighted by molar-refractivity contribution is -0.134. The van der Waals surface area contributed by atoms with Crippen molar-refractivity contribution in [2.75, 3.05) is 0 Å². The van der Waals surface area contributed by atoms with Crippen LogP contribution in [-0.2, 0) is 11.2 Å². The third-order valence-electron chi connectivity index (χ3n) is 3.75. The predicted molar refractivity (Wildman–Crippen MR) is 95.7 cm³/mol. The molecule has 0 aliphatic carbocycles. The maximum absolute atomic E-state index is 12.2. The second kappa shape index (κ2) is 7.15. The van der Waals surface area contributed by atoms with Gasteiger partial charge >= 0.3 is 5.97 Å². The van der Waals surface area contributed by atoms with Crippen LogP contribution >= 0.6 is 34.8 Å². The molecule has 0 N–H and O–H groups in total. The van der Waals surface area contributed by atoms with Crippen molar-refractivity contribution >= 4 is 46.5 Å². The van der Waals surface area contributed by atoms with E-state index in [0.29, 0.717) is 17.2 Å². The summed E-state index contributed by atoms with van der Waals surface area (Å²) in [6.45, 7) is 3.78. The summed E-state index contributed by atoms with van der Waals surface area (Å²) < 4.78 is 6.93. The van der Waals surface area contributed by atoms with Crippen molar-refractivity contribution in [1.29, 1.82) is 0 Å². The van der Waals surface area contributed by atoms with E-state index in [9.17, 15) is 4.79 Å². The van der Waals surface area contributed by atoms with Crippen molar-refractivity contribution in [1.82, 2.24) is 19.6 Å². The van der Waals surface area contributed by atoms with Gasteiger partial charge in [0.25, 0.3) is 5.78 Å². The van der Waals surface area contributed by atoms with Crippen LogP contribution in [0.5, 0.6) is 5.75 Å². The second-order valence-corrected chi connectivity index (χ2v) is 6.66. The predicted octanol–water partition coefficient (Wildman–Crippen LogP) is 4.24. The molecule has 0 spiro atoms. The summed E-state index contributed by atoms with van der Waals surface area (Å²) >= 11 is 17.9. The minimum absolute atomic E-state index is 0.107. The van der Waals surface area contributed by atoms with Crippen molar-refractivity contribution in [3.63, 3.8) is 0 Å². The molecule has 0 amide bonds. The summed E-state index contributed by atoms with van der Waals surface area (Å²) in [5.41, 5.74) is 2.60. The van der Waals surface area contributed by atoms with Crippen LogP contribution in [0.2, 0.25) is 15.1 Å². The van der Waals surface area contributed by atoms with E-state index in [4.69, 9.17) is 39.5 Å². The molecule has 0 aliphatic heterocycles. The van der Waals surface area contributed by atoms with Crippen molar-refractivity contribution in [2.24, 2.45) is 0 Å². The summed E-state index contributed by atoms with van der Waals surface area (Å²) in [5, 5.41) is 4.86. The van der Waals surface area contributed by atoms with Gasteiger partial charge in [-0.1, -0.05) is 34.8 Å². The number of carbonyl (C=O) groups is 1. The average Bonchev–Trinajstić information content (AvgIpc) is 2.99. The number of esters is 1. The second-order valence-electron chi connectivity index (χ2n) is 5.41. The number of benzene rings is 1. The zero-order valence-electron chi connectivity index (χ0n) is 13.4. The third kappa shape index (κ3) is 3.71. The van der Waals surface area contributed by atoms with E-state index in [2.05, 4.69) is 15.1 Å². The Hall–Kier alpha value is -1.89. The Balaban J connectivity index is 1.75. The van der Waals surface area contributed by atoms with Gasteiger partial charge in [0.05, 0.1) is 16.5 Å². The monoisotopic (exact) mass is 398 g/mol.